The van der Waals surface area contributed by atoms with Crippen LogP contribution in [0.3, 0.4) is 0 Å². The summed E-state index contributed by atoms with van der Waals surface area (Å²) in [5.41, 5.74) is 1.38. The van der Waals surface area contributed by atoms with Crippen molar-refractivity contribution < 1.29 is 19.1 Å². The van der Waals surface area contributed by atoms with Crippen molar-refractivity contribution >= 4 is 18.0 Å². The number of carbonyl (C=O) groups excluding carboxylic acids is 3. The molecule has 8 nitrogen and oxygen atoms in total. The minimum absolute atomic E-state index is 0.181. The molecular weight excluding hydrogens is 348 g/mol. The van der Waals surface area contributed by atoms with Crippen LogP contribution in [0.4, 0.5) is 9.59 Å². The number of nitrogens with zero attached hydrogens (tertiary/aromatic N) is 4. The van der Waals surface area contributed by atoms with E-state index in [-0.39, 0.29) is 30.7 Å². The first-order valence-electron chi connectivity index (χ1n) is 9.07. The van der Waals surface area contributed by atoms with Crippen LogP contribution in [0.1, 0.15) is 18.4 Å². The summed E-state index contributed by atoms with van der Waals surface area (Å²) in [5, 5.41) is 0. The van der Waals surface area contributed by atoms with E-state index in [1.165, 1.54) is 9.80 Å². The Kier molecular flexibility index (Phi) is 4.47. The maximum atomic E-state index is 12.6. The van der Waals surface area contributed by atoms with Gasteiger partial charge in [-0.05, 0) is 18.4 Å². The highest BCUT2D eigenvalue weighted by atomic mass is 16.6. The number of hydrogen-bond acceptors (Lipinski definition) is 5. The summed E-state index contributed by atoms with van der Waals surface area (Å²) in [4.78, 5) is 43.7. The number of urea groups is 1. The molecule has 3 aliphatic rings. The number of amides is 4. The summed E-state index contributed by atoms with van der Waals surface area (Å²) in [6, 6.07) is 9.08. The van der Waals surface area contributed by atoms with Gasteiger partial charge in [0.2, 0.25) is 0 Å². The fourth-order valence-corrected chi connectivity index (χ4v) is 3.73. The van der Waals surface area contributed by atoms with Crippen molar-refractivity contribution in [3.8, 4) is 0 Å². The Labute approximate surface area is 157 Å². The fraction of sp³-hybridized carbons (Fsp3) is 0.421. The van der Waals surface area contributed by atoms with Crippen molar-refractivity contribution in [1.82, 2.24) is 19.6 Å². The molecule has 2 saturated heterocycles. The van der Waals surface area contributed by atoms with Gasteiger partial charge in [-0.25, -0.2) is 9.59 Å². The molecule has 0 N–H and O–H groups in total. The highest BCUT2D eigenvalue weighted by Gasteiger charge is 2.47. The minimum Gasteiger partial charge on any atom is -0.445 e. The molecule has 1 aromatic carbocycles. The van der Waals surface area contributed by atoms with E-state index in [1.54, 1.807) is 11.1 Å². The van der Waals surface area contributed by atoms with E-state index in [9.17, 15) is 14.4 Å². The van der Waals surface area contributed by atoms with E-state index in [4.69, 9.17) is 4.74 Å². The fourth-order valence-electron chi connectivity index (χ4n) is 3.73. The highest BCUT2D eigenvalue weighted by molar-refractivity contribution is 6.12. The maximum Gasteiger partial charge on any atom is 0.410 e. The third-order valence-electron chi connectivity index (χ3n) is 5.17. The SMILES string of the molecule is CN1C=C2C(=O)N(C3CCN(C(=O)OCc4ccccc4)CC3)C(=O)N2C1. The van der Waals surface area contributed by atoms with E-state index in [0.29, 0.717) is 38.3 Å². The normalized spacial score (nSPS) is 20.3. The van der Waals surface area contributed by atoms with E-state index in [0.717, 1.165) is 5.56 Å². The second-order valence-corrected chi connectivity index (χ2v) is 7.06. The summed E-state index contributed by atoms with van der Waals surface area (Å²) in [7, 11) is 1.83. The van der Waals surface area contributed by atoms with Gasteiger partial charge in [0, 0.05) is 32.4 Å². The highest BCUT2D eigenvalue weighted by Crippen LogP contribution is 2.30. The Balaban J connectivity index is 1.31. The second-order valence-electron chi connectivity index (χ2n) is 7.06. The number of benzene rings is 1. The van der Waals surface area contributed by atoms with Crippen molar-refractivity contribution in [1.29, 1.82) is 0 Å². The maximum absolute atomic E-state index is 12.6. The molecule has 4 amide bonds. The number of fused-ring (bicyclic) bond motifs is 1. The van der Waals surface area contributed by atoms with Crippen LogP contribution in [0.2, 0.25) is 0 Å². The Morgan fingerprint density at radius 3 is 2.52 bits per heavy atom. The van der Waals surface area contributed by atoms with E-state index < -0.39 is 0 Å². The van der Waals surface area contributed by atoms with E-state index in [1.807, 2.05) is 42.3 Å². The van der Waals surface area contributed by atoms with Gasteiger partial charge >= 0.3 is 12.1 Å². The topological polar surface area (TPSA) is 73.4 Å². The number of carbonyl (C=O) groups is 3. The third kappa shape index (κ3) is 3.22. The average Bonchev–Trinajstić information content (AvgIpc) is 3.18. The summed E-state index contributed by atoms with van der Waals surface area (Å²) in [6.45, 7) is 1.57. The van der Waals surface area contributed by atoms with Crippen molar-refractivity contribution in [2.24, 2.45) is 0 Å². The van der Waals surface area contributed by atoms with E-state index >= 15 is 0 Å². The Morgan fingerprint density at radius 1 is 1.15 bits per heavy atom. The quantitative estimate of drug-likeness (QED) is 0.759. The molecule has 0 spiro atoms. The van der Waals surface area contributed by atoms with Crippen LogP contribution in [-0.2, 0) is 16.1 Å². The first kappa shape index (κ1) is 17.4. The van der Waals surface area contributed by atoms with Crippen molar-refractivity contribution in [2.75, 3.05) is 26.8 Å². The van der Waals surface area contributed by atoms with Gasteiger partial charge in [-0.15, -0.1) is 0 Å². The van der Waals surface area contributed by atoms with Gasteiger partial charge in [-0.3, -0.25) is 14.6 Å². The molecule has 0 aliphatic carbocycles. The van der Waals surface area contributed by atoms with Gasteiger partial charge in [-0.1, -0.05) is 30.3 Å². The molecule has 2 fully saturated rings. The summed E-state index contributed by atoms with van der Waals surface area (Å²) < 4.78 is 5.36. The number of ether oxygens (including phenoxy) is 1. The zero-order valence-electron chi connectivity index (χ0n) is 15.2. The Bertz CT molecular complexity index is 786. The lowest BCUT2D eigenvalue weighted by atomic mass is 10.0. The Morgan fingerprint density at radius 2 is 1.85 bits per heavy atom. The monoisotopic (exact) mass is 370 g/mol. The number of rotatable bonds is 3. The van der Waals surface area contributed by atoms with Gasteiger partial charge in [0.15, 0.2) is 0 Å². The second kappa shape index (κ2) is 6.94. The van der Waals surface area contributed by atoms with Gasteiger partial charge in [-0.2, -0.15) is 0 Å². The average molecular weight is 370 g/mol. The lowest BCUT2D eigenvalue weighted by molar-refractivity contribution is -0.125. The summed E-state index contributed by atoms with van der Waals surface area (Å²) in [5.74, 6) is -0.241. The minimum atomic E-state index is -0.360. The van der Waals surface area contributed by atoms with Crippen LogP contribution in [0.25, 0.3) is 0 Å². The molecule has 27 heavy (non-hydrogen) atoms. The molecule has 1 aromatic rings. The number of piperidine rings is 1. The Hall–Kier alpha value is -3.03. The van der Waals surface area contributed by atoms with Gasteiger partial charge in [0.25, 0.3) is 5.91 Å². The first-order chi connectivity index (χ1) is 13.0. The van der Waals surface area contributed by atoms with Gasteiger partial charge < -0.3 is 14.5 Å². The predicted molar refractivity (Wildman–Crippen MR) is 96.0 cm³/mol. The standard InChI is InChI=1S/C19H22N4O4/c1-20-11-16-17(24)23(18(25)22(16)13-20)15-7-9-21(10-8-15)19(26)27-12-14-5-3-2-4-6-14/h2-6,11,15H,7-10,12-13H2,1H3. The molecule has 8 heteroatoms. The molecule has 0 saturated carbocycles. The summed E-state index contributed by atoms with van der Waals surface area (Å²) >= 11 is 0. The number of imide groups is 1. The molecule has 4 rings (SSSR count). The lowest BCUT2D eigenvalue weighted by Crippen LogP contribution is -2.49. The van der Waals surface area contributed by atoms with Crippen LogP contribution in [0.15, 0.2) is 42.2 Å². The van der Waals surface area contributed by atoms with Crippen LogP contribution in [0, 0.1) is 0 Å². The summed E-state index contributed by atoms with van der Waals surface area (Å²) in [6.07, 6.45) is 2.47. The lowest BCUT2D eigenvalue weighted by Gasteiger charge is -2.35. The molecule has 142 valence electrons. The zero-order chi connectivity index (χ0) is 19.0. The molecule has 0 aromatic heterocycles. The van der Waals surface area contributed by atoms with E-state index in [2.05, 4.69) is 0 Å². The molecule has 0 unspecified atom stereocenters. The smallest absolute Gasteiger partial charge is 0.410 e. The predicted octanol–water partition coefficient (Wildman–Crippen LogP) is 1.80. The number of likely N-dealkylation sites (tertiary alicyclic amines) is 1. The third-order valence-corrected chi connectivity index (χ3v) is 5.17. The molecular formula is C19H22N4O4. The molecule has 0 atom stereocenters. The first-order valence-corrected chi connectivity index (χ1v) is 9.07. The molecule has 3 heterocycles. The van der Waals surface area contributed by atoms with Crippen LogP contribution < -0.4 is 0 Å². The van der Waals surface area contributed by atoms with Crippen LogP contribution in [0.5, 0.6) is 0 Å². The van der Waals surface area contributed by atoms with Gasteiger partial charge in [0.1, 0.15) is 12.3 Å². The van der Waals surface area contributed by atoms with Gasteiger partial charge in [0.05, 0.1) is 6.67 Å². The number of hydrogen-bond donors (Lipinski definition) is 0. The molecule has 3 aliphatic heterocycles. The van der Waals surface area contributed by atoms with Crippen LogP contribution in [-0.4, -0.2) is 70.5 Å². The zero-order valence-corrected chi connectivity index (χ0v) is 15.2. The van der Waals surface area contributed by atoms with Crippen molar-refractivity contribution in [3.63, 3.8) is 0 Å². The van der Waals surface area contributed by atoms with Crippen molar-refractivity contribution in [2.45, 2.75) is 25.5 Å². The molecule has 0 radical (unpaired) electrons. The van der Waals surface area contributed by atoms with Crippen molar-refractivity contribution in [3.05, 3.63) is 47.8 Å². The van der Waals surface area contributed by atoms with Crippen LogP contribution >= 0.6 is 0 Å². The molecule has 0 bridgehead atoms. The largest absolute Gasteiger partial charge is 0.445 e.